The zero-order valence-corrected chi connectivity index (χ0v) is 12.3. The molecule has 2 aromatic rings. The molecule has 1 aliphatic rings. The molecule has 0 amide bonds. The third kappa shape index (κ3) is 2.90. The molecule has 0 radical (unpaired) electrons. The van der Waals surface area contributed by atoms with Gasteiger partial charge in [-0.3, -0.25) is 4.21 Å². The monoisotopic (exact) mass is 326 g/mol. The van der Waals surface area contributed by atoms with Gasteiger partial charge in [0.1, 0.15) is 23.1 Å². The van der Waals surface area contributed by atoms with Crippen LogP contribution in [0, 0.1) is 5.82 Å². The molecule has 3 rings (SSSR count). The zero-order valence-electron chi connectivity index (χ0n) is 10.8. The molecule has 2 heterocycles. The van der Waals surface area contributed by atoms with Crippen LogP contribution in [0.15, 0.2) is 24.5 Å². The van der Waals surface area contributed by atoms with Crippen molar-refractivity contribution in [1.29, 1.82) is 0 Å². The molecule has 1 atom stereocenters. The third-order valence-corrected chi connectivity index (χ3v) is 4.07. The summed E-state index contributed by atoms with van der Waals surface area (Å²) in [5.41, 5.74) is 1.76. The van der Waals surface area contributed by atoms with Gasteiger partial charge in [0.2, 0.25) is 0 Å². The molecule has 0 aliphatic carbocycles. The van der Waals surface area contributed by atoms with Gasteiger partial charge in [-0.05, 0) is 29.7 Å². The van der Waals surface area contributed by atoms with Crippen LogP contribution < -0.4 is 4.90 Å². The van der Waals surface area contributed by atoms with E-state index in [1.165, 1.54) is 12.4 Å². The maximum atomic E-state index is 14.0. The number of hydrogen-bond donors (Lipinski definition) is 0. The highest BCUT2D eigenvalue weighted by atomic mass is 35.5. The summed E-state index contributed by atoms with van der Waals surface area (Å²) in [6, 6.07) is 4.55. The molecule has 0 fully saturated rings. The van der Waals surface area contributed by atoms with E-state index in [-0.39, 0.29) is 11.3 Å². The summed E-state index contributed by atoms with van der Waals surface area (Å²) in [7, 11) is 0. The fraction of sp³-hybridized carbons (Fsp3) is 0.231. The van der Waals surface area contributed by atoms with Crippen LogP contribution in [0.25, 0.3) is 0 Å². The molecule has 1 unspecified atom stereocenters. The minimum absolute atomic E-state index is 0.185. The molecule has 1 aliphatic heterocycles. The number of aromatic nitrogens is 2. The largest absolute Gasteiger partial charge is 0.772 e. The molecule has 1 aromatic heterocycles. The first-order valence-electron chi connectivity index (χ1n) is 6.17. The summed E-state index contributed by atoms with van der Waals surface area (Å²) >= 11 is 3.53. The Labute approximate surface area is 128 Å². The number of halogens is 2. The SMILES string of the molecule is O=S([O-])Cc1cc2c(cc1F)N(c1cc(Cl)ncn1)CC2. The first kappa shape index (κ1) is 14.4. The number of rotatable bonds is 3. The number of fused-ring (bicyclic) bond motifs is 1. The van der Waals surface area contributed by atoms with Crippen LogP contribution in [-0.2, 0) is 23.3 Å². The number of benzene rings is 1. The van der Waals surface area contributed by atoms with E-state index in [9.17, 15) is 13.2 Å². The zero-order chi connectivity index (χ0) is 15.0. The second kappa shape index (κ2) is 5.67. The van der Waals surface area contributed by atoms with Crippen LogP contribution in [0.2, 0.25) is 5.15 Å². The highest BCUT2D eigenvalue weighted by Crippen LogP contribution is 2.35. The van der Waals surface area contributed by atoms with Gasteiger partial charge in [0, 0.05) is 24.1 Å². The van der Waals surface area contributed by atoms with Crippen molar-refractivity contribution in [2.75, 3.05) is 11.4 Å². The number of hydrogen-bond acceptors (Lipinski definition) is 5. The molecule has 110 valence electrons. The van der Waals surface area contributed by atoms with E-state index >= 15 is 0 Å². The van der Waals surface area contributed by atoms with Gasteiger partial charge in [-0.2, -0.15) is 0 Å². The Morgan fingerprint density at radius 3 is 2.90 bits per heavy atom. The molecule has 0 bridgehead atoms. The Hall–Kier alpha value is -1.57. The fourth-order valence-corrected chi connectivity index (χ4v) is 3.03. The van der Waals surface area contributed by atoms with Crippen molar-refractivity contribution < 1.29 is 13.2 Å². The van der Waals surface area contributed by atoms with E-state index in [0.29, 0.717) is 29.6 Å². The minimum atomic E-state index is -2.31. The maximum absolute atomic E-state index is 14.0. The van der Waals surface area contributed by atoms with E-state index in [2.05, 4.69) is 9.97 Å². The van der Waals surface area contributed by atoms with Gasteiger partial charge in [0.05, 0.1) is 0 Å². The van der Waals surface area contributed by atoms with Crippen LogP contribution in [-0.4, -0.2) is 25.3 Å². The summed E-state index contributed by atoms with van der Waals surface area (Å²) < 4.78 is 35.5. The molecule has 0 saturated carbocycles. The average Bonchev–Trinajstić information content (AvgIpc) is 2.81. The van der Waals surface area contributed by atoms with Crippen LogP contribution >= 0.6 is 11.6 Å². The predicted molar refractivity (Wildman–Crippen MR) is 76.8 cm³/mol. The van der Waals surface area contributed by atoms with Gasteiger partial charge >= 0.3 is 0 Å². The Morgan fingerprint density at radius 2 is 2.19 bits per heavy atom. The second-order valence-corrected chi connectivity index (χ2v) is 5.90. The van der Waals surface area contributed by atoms with Crippen LogP contribution in [0.4, 0.5) is 15.9 Å². The number of nitrogens with zero attached hydrogens (tertiary/aromatic N) is 3. The molecule has 0 saturated heterocycles. The van der Waals surface area contributed by atoms with Gasteiger partial charge in [0.25, 0.3) is 0 Å². The molecular weight excluding hydrogens is 317 g/mol. The van der Waals surface area contributed by atoms with Crippen molar-refractivity contribution in [2.24, 2.45) is 0 Å². The van der Waals surface area contributed by atoms with Crippen LogP contribution in [0.3, 0.4) is 0 Å². The average molecular weight is 327 g/mol. The van der Waals surface area contributed by atoms with Crippen molar-refractivity contribution >= 4 is 34.2 Å². The highest BCUT2D eigenvalue weighted by Gasteiger charge is 2.23. The van der Waals surface area contributed by atoms with Gasteiger partial charge in [-0.15, -0.1) is 0 Å². The molecule has 1 aromatic carbocycles. The molecule has 8 heteroatoms. The Kier molecular flexibility index (Phi) is 3.88. The predicted octanol–water partition coefficient (Wildman–Crippen LogP) is 2.34. The normalized spacial score (nSPS) is 15.1. The summed E-state index contributed by atoms with van der Waals surface area (Å²) in [5.74, 6) is -0.267. The van der Waals surface area contributed by atoms with Crippen molar-refractivity contribution in [3.8, 4) is 0 Å². The van der Waals surface area contributed by atoms with Gasteiger partial charge < -0.3 is 9.45 Å². The molecule has 0 N–H and O–H groups in total. The van der Waals surface area contributed by atoms with E-state index in [1.807, 2.05) is 4.90 Å². The van der Waals surface area contributed by atoms with Crippen molar-refractivity contribution in [3.63, 3.8) is 0 Å². The van der Waals surface area contributed by atoms with Gasteiger partial charge in [-0.1, -0.05) is 22.7 Å². The highest BCUT2D eigenvalue weighted by molar-refractivity contribution is 7.78. The first-order chi connectivity index (χ1) is 10.0. The molecule has 5 nitrogen and oxygen atoms in total. The lowest BCUT2D eigenvalue weighted by Crippen LogP contribution is -2.15. The first-order valence-corrected chi connectivity index (χ1v) is 7.79. The topological polar surface area (TPSA) is 69.2 Å². The Bertz CT molecular complexity index is 729. The van der Waals surface area contributed by atoms with Gasteiger partial charge in [0.15, 0.2) is 0 Å². The summed E-state index contributed by atoms with van der Waals surface area (Å²) in [6.07, 6.45) is 2.04. The minimum Gasteiger partial charge on any atom is -0.772 e. The standard InChI is InChI=1S/C13H11ClFN3O2S/c14-12-5-13(17-7-16-12)18-2-1-8-3-9(6-21(19)20)10(15)4-11(8)18/h3-5,7H,1-2,6H2,(H,19,20)/p-1. The van der Waals surface area contributed by atoms with Crippen molar-refractivity contribution in [2.45, 2.75) is 12.2 Å². The van der Waals surface area contributed by atoms with Crippen molar-refractivity contribution in [3.05, 3.63) is 46.6 Å². The second-order valence-electron chi connectivity index (χ2n) is 4.62. The van der Waals surface area contributed by atoms with E-state index < -0.39 is 16.9 Å². The number of anilines is 2. The summed E-state index contributed by atoms with van der Waals surface area (Å²) in [4.78, 5) is 9.78. The smallest absolute Gasteiger partial charge is 0.137 e. The lowest BCUT2D eigenvalue weighted by molar-refractivity contribution is 0.533. The van der Waals surface area contributed by atoms with E-state index in [0.717, 1.165) is 5.56 Å². The Morgan fingerprint density at radius 1 is 1.38 bits per heavy atom. The van der Waals surface area contributed by atoms with Gasteiger partial charge in [-0.25, -0.2) is 14.4 Å². The van der Waals surface area contributed by atoms with Crippen molar-refractivity contribution in [1.82, 2.24) is 9.97 Å². The van der Waals surface area contributed by atoms with E-state index in [1.54, 1.807) is 12.1 Å². The molecule has 21 heavy (non-hydrogen) atoms. The summed E-state index contributed by atoms with van der Waals surface area (Å²) in [6.45, 7) is 0.631. The maximum Gasteiger partial charge on any atom is 0.137 e. The summed E-state index contributed by atoms with van der Waals surface area (Å²) in [5, 5.41) is 0.312. The van der Waals surface area contributed by atoms with E-state index in [4.69, 9.17) is 11.6 Å². The lowest BCUT2D eigenvalue weighted by atomic mass is 10.1. The van der Waals surface area contributed by atoms with Crippen LogP contribution in [0.1, 0.15) is 11.1 Å². The van der Waals surface area contributed by atoms with Crippen LogP contribution in [0.5, 0.6) is 0 Å². The third-order valence-electron chi connectivity index (χ3n) is 3.31. The molecular formula is C13H10ClFN3O2S-. The Balaban J connectivity index is 1.99. The lowest BCUT2D eigenvalue weighted by Gasteiger charge is -2.18. The quantitative estimate of drug-likeness (QED) is 0.639. The fourth-order valence-electron chi connectivity index (χ4n) is 2.41. The molecule has 0 spiro atoms.